The molecule has 1 saturated heterocycles. The minimum absolute atomic E-state index is 0.111. The number of carbonyl (C=O) groups is 3. The Bertz CT molecular complexity index is 1980. The van der Waals surface area contributed by atoms with E-state index in [0.29, 0.717) is 22.3 Å². The van der Waals surface area contributed by atoms with E-state index in [-0.39, 0.29) is 17.2 Å². The molecule has 4 atom stereocenters. The maximum Gasteiger partial charge on any atom is 0.271 e. The predicted octanol–water partition coefficient (Wildman–Crippen LogP) is 6.78. The number of ketones is 1. The Morgan fingerprint density at radius 3 is 1.37 bits per heavy atom. The zero-order valence-corrected chi connectivity index (χ0v) is 24.4. The van der Waals surface area contributed by atoms with E-state index in [1.165, 1.54) is 24.3 Å². The van der Waals surface area contributed by atoms with Crippen molar-refractivity contribution in [1.29, 1.82) is 0 Å². The number of carbonyl (C=O) groups excluding carboxylic acids is 3. The molecule has 5 aromatic carbocycles. The van der Waals surface area contributed by atoms with E-state index in [2.05, 4.69) is 0 Å². The first-order valence-electron chi connectivity index (χ1n) is 15.1. The monoisotopic (exact) mass is 602 g/mol. The van der Waals surface area contributed by atoms with Crippen LogP contribution in [0, 0.1) is 22.0 Å². The number of non-ortho nitro benzene ring substituents is 1. The predicted molar refractivity (Wildman–Crippen MR) is 174 cm³/mol. The highest BCUT2D eigenvalue weighted by molar-refractivity contribution is 6.39. The third-order valence-corrected chi connectivity index (χ3v) is 9.88. The molecule has 1 heterocycles. The van der Waals surface area contributed by atoms with E-state index in [1.54, 1.807) is 0 Å². The van der Waals surface area contributed by atoms with Crippen LogP contribution in [0.5, 0.6) is 0 Å². The number of hydrogen-bond donors (Lipinski definition) is 0. The van der Waals surface area contributed by atoms with E-state index in [0.717, 1.165) is 16.0 Å². The molecule has 2 bridgehead atoms. The van der Waals surface area contributed by atoms with E-state index in [9.17, 15) is 19.7 Å². The number of anilines is 1. The lowest BCUT2D eigenvalue weighted by atomic mass is 9.59. The second-order valence-corrected chi connectivity index (χ2v) is 11.9. The SMILES string of the molecule is O=C1[C@@H]2[C@@H](C(=O)N1c1cccc([N+](=O)[O-])c1)[C@@]1(c3ccccc3)C(=O)[C@@]2(c2ccccc2)C(c2ccccc2)=C1c1ccccc1. The molecule has 1 saturated carbocycles. The van der Waals surface area contributed by atoms with Crippen molar-refractivity contribution in [1.82, 2.24) is 0 Å². The normalized spacial score (nSPS) is 24.9. The molecule has 0 unspecified atom stereocenters. The second kappa shape index (κ2) is 10.0. The summed E-state index contributed by atoms with van der Waals surface area (Å²) in [5.41, 5.74) is 1.02. The number of fused-ring (bicyclic) bond motifs is 5. The fourth-order valence-electron chi connectivity index (χ4n) is 8.33. The van der Waals surface area contributed by atoms with Gasteiger partial charge in [0.2, 0.25) is 11.8 Å². The summed E-state index contributed by atoms with van der Waals surface area (Å²) in [5.74, 6) is -3.52. The van der Waals surface area contributed by atoms with E-state index >= 15 is 4.79 Å². The standard InChI is InChI=1S/C39H26N2O5/c42-35-33-34(36(43)40(35)29-22-13-23-30(24-29)41(45)46)39(28-20-11-4-12-21-28)32(26-16-7-2-8-17-26)31(25-14-5-1-6-15-25)38(33,37(39)44)27-18-9-3-10-19-27/h1-24,33-34H/t33-,34-,38-,39-/m0/s1. The number of amides is 2. The zero-order valence-electron chi connectivity index (χ0n) is 24.4. The molecule has 0 radical (unpaired) electrons. The molecule has 0 spiro atoms. The largest absolute Gasteiger partial charge is 0.297 e. The summed E-state index contributed by atoms with van der Waals surface area (Å²) in [7, 11) is 0. The average Bonchev–Trinajstić information content (AvgIpc) is 3.62. The van der Waals surface area contributed by atoms with Gasteiger partial charge in [0.15, 0.2) is 5.78 Å². The van der Waals surface area contributed by atoms with Crippen molar-refractivity contribution in [3.8, 4) is 0 Å². The Hall–Kier alpha value is -5.95. The van der Waals surface area contributed by atoms with Crippen LogP contribution < -0.4 is 4.90 Å². The van der Waals surface area contributed by atoms with Crippen molar-refractivity contribution in [3.05, 3.63) is 178 Å². The Morgan fingerprint density at radius 1 is 0.543 bits per heavy atom. The van der Waals surface area contributed by atoms with Crippen molar-refractivity contribution in [2.45, 2.75) is 10.8 Å². The summed E-state index contributed by atoms with van der Waals surface area (Å²) in [5, 5.41) is 11.7. The van der Waals surface area contributed by atoms with Gasteiger partial charge in [-0.1, -0.05) is 127 Å². The number of hydrogen-bond acceptors (Lipinski definition) is 5. The minimum atomic E-state index is -1.53. The fourth-order valence-corrected chi connectivity index (χ4v) is 8.33. The molecule has 1 aliphatic heterocycles. The number of nitro groups is 1. The van der Waals surface area contributed by atoms with E-state index < -0.39 is 39.4 Å². The first kappa shape index (κ1) is 27.6. The number of benzene rings is 5. The molecule has 8 rings (SSSR count). The fraction of sp³-hybridized carbons (Fsp3) is 0.103. The number of nitro benzene ring substituents is 1. The smallest absolute Gasteiger partial charge is 0.271 e. The van der Waals surface area contributed by atoms with E-state index in [1.807, 2.05) is 121 Å². The van der Waals surface area contributed by atoms with Crippen LogP contribution in [0.15, 0.2) is 146 Å². The third kappa shape index (κ3) is 3.39. The van der Waals surface area contributed by atoms with Crippen molar-refractivity contribution >= 4 is 40.1 Å². The maximum atomic E-state index is 15.8. The molecule has 0 aromatic heterocycles. The van der Waals surface area contributed by atoms with Gasteiger partial charge in [0.1, 0.15) is 0 Å². The van der Waals surface area contributed by atoms with Crippen LogP contribution in [0.3, 0.4) is 0 Å². The lowest BCUT2D eigenvalue weighted by Crippen LogP contribution is -2.45. The topological polar surface area (TPSA) is 97.6 Å². The van der Waals surface area contributed by atoms with Gasteiger partial charge in [-0.25, -0.2) is 4.90 Å². The van der Waals surface area contributed by atoms with E-state index in [4.69, 9.17) is 0 Å². The maximum absolute atomic E-state index is 15.8. The molecule has 7 nitrogen and oxygen atoms in total. The van der Waals surface area contributed by atoms with Crippen LogP contribution in [-0.2, 0) is 25.2 Å². The number of rotatable bonds is 6. The lowest BCUT2D eigenvalue weighted by molar-refractivity contribution is -0.384. The van der Waals surface area contributed by atoms with Crippen molar-refractivity contribution in [3.63, 3.8) is 0 Å². The number of nitrogens with zero attached hydrogens (tertiary/aromatic N) is 2. The molecule has 7 heteroatoms. The van der Waals surface area contributed by atoms with Crippen LogP contribution in [-0.4, -0.2) is 22.5 Å². The van der Waals surface area contributed by atoms with Crippen LogP contribution in [0.1, 0.15) is 22.3 Å². The van der Waals surface area contributed by atoms with Gasteiger partial charge in [-0.3, -0.25) is 24.5 Å². The Morgan fingerprint density at radius 2 is 0.957 bits per heavy atom. The van der Waals surface area contributed by atoms with Crippen molar-refractivity contribution in [2.75, 3.05) is 4.90 Å². The highest BCUT2D eigenvalue weighted by Crippen LogP contribution is 2.74. The molecule has 5 aromatic rings. The average molecular weight is 603 g/mol. The number of allylic oxidation sites excluding steroid dienone is 2. The zero-order chi connectivity index (χ0) is 31.6. The Kier molecular flexibility index (Phi) is 6.02. The molecule has 2 amide bonds. The van der Waals surface area contributed by atoms with Crippen molar-refractivity contribution in [2.24, 2.45) is 11.8 Å². The first-order chi connectivity index (χ1) is 22.4. The molecule has 46 heavy (non-hydrogen) atoms. The van der Waals surface area contributed by atoms with Gasteiger partial charge in [-0.2, -0.15) is 0 Å². The third-order valence-electron chi connectivity index (χ3n) is 9.88. The van der Waals surface area contributed by atoms with Gasteiger partial charge in [-0.05, 0) is 39.5 Å². The molecule has 222 valence electrons. The minimum Gasteiger partial charge on any atom is -0.297 e. The van der Waals surface area contributed by atoms with Gasteiger partial charge in [0.25, 0.3) is 5.69 Å². The Labute approximate surface area is 264 Å². The van der Waals surface area contributed by atoms with Gasteiger partial charge in [0.05, 0.1) is 33.3 Å². The summed E-state index contributed by atoms with van der Waals surface area (Å²) in [6, 6.07) is 43.3. The Balaban J connectivity index is 1.53. The second-order valence-electron chi connectivity index (χ2n) is 11.9. The van der Waals surface area contributed by atoms with Crippen LogP contribution in [0.4, 0.5) is 11.4 Å². The molecule has 0 N–H and O–H groups in total. The van der Waals surface area contributed by atoms with Crippen LogP contribution in [0.25, 0.3) is 11.1 Å². The van der Waals surface area contributed by atoms with Crippen LogP contribution in [0.2, 0.25) is 0 Å². The highest BCUT2D eigenvalue weighted by atomic mass is 16.6. The quantitative estimate of drug-likeness (QED) is 0.121. The van der Waals surface area contributed by atoms with Crippen molar-refractivity contribution < 1.29 is 19.3 Å². The molecule has 2 aliphatic carbocycles. The number of Topliss-reactive ketones (excluding diaryl/α,β-unsaturated/α-hetero) is 1. The summed E-state index contributed by atoms with van der Waals surface area (Å²) in [6.07, 6.45) is 0. The molecular formula is C39H26N2O5. The summed E-state index contributed by atoms with van der Waals surface area (Å²) in [6.45, 7) is 0. The van der Waals surface area contributed by atoms with Gasteiger partial charge in [-0.15, -0.1) is 0 Å². The summed E-state index contributed by atoms with van der Waals surface area (Å²) < 4.78 is 0. The van der Waals surface area contributed by atoms with Gasteiger partial charge in [0, 0.05) is 12.1 Å². The van der Waals surface area contributed by atoms with Gasteiger partial charge < -0.3 is 0 Å². The number of imide groups is 1. The molecule has 2 fully saturated rings. The highest BCUT2D eigenvalue weighted by Gasteiger charge is 2.82. The summed E-state index contributed by atoms with van der Waals surface area (Å²) >= 11 is 0. The molecule has 3 aliphatic rings. The molecular weight excluding hydrogens is 576 g/mol. The first-order valence-corrected chi connectivity index (χ1v) is 15.1. The van der Waals surface area contributed by atoms with Crippen LogP contribution >= 0.6 is 0 Å². The van der Waals surface area contributed by atoms with Gasteiger partial charge >= 0.3 is 0 Å². The summed E-state index contributed by atoms with van der Waals surface area (Å²) in [4.78, 5) is 57.9. The lowest BCUT2D eigenvalue weighted by Gasteiger charge is -2.39.